The number of aliphatic carboxylic acids is 1. The van der Waals surface area contributed by atoms with Gasteiger partial charge in [0.05, 0.1) is 0 Å². The summed E-state index contributed by atoms with van der Waals surface area (Å²) in [6.07, 6.45) is -1.57. The Balaban J connectivity index is 2.07. The van der Waals surface area contributed by atoms with Gasteiger partial charge >= 0.3 is 5.97 Å². The average molecular weight is 295 g/mol. The quantitative estimate of drug-likeness (QED) is 0.715. The molecule has 3 atom stereocenters. The predicted octanol–water partition coefficient (Wildman–Crippen LogP) is 0.167. The SMILES string of the molecule is CC1Oc2ccccc2OC1C(=O)N[C@@H](CCO)C(=O)O. The molecule has 1 aromatic carbocycles. The Kier molecular flexibility index (Phi) is 4.64. The van der Waals surface area contributed by atoms with E-state index in [0.717, 1.165) is 0 Å². The molecule has 0 aromatic heterocycles. The first-order valence-corrected chi connectivity index (χ1v) is 6.59. The monoisotopic (exact) mass is 295 g/mol. The number of ether oxygens (including phenoxy) is 2. The molecule has 1 aromatic rings. The van der Waals surface area contributed by atoms with Crippen molar-refractivity contribution in [2.24, 2.45) is 0 Å². The summed E-state index contributed by atoms with van der Waals surface area (Å²) >= 11 is 0. The molecule has 0 fully saturated rings. The normalized spacial score (nSPS) is 21.4. The zero-order valence-electron chi connectivity index (χ0n) is 11.5. The van der Waals surface area contributed by atoms with E-state index < -0.39 is 30.1 Å². The highest BCUT2D eigenvalue weighted by Crippen LogP contribution is 2.33. The first-order chi connectivity index (χ1) is 10.0. The van der Waals surface area contributed by atoms with Crippen LogP contribution in [-0.4, -0.2) is 46.9 Å². The minimum Gasteiger partial charge on any atom is -0.482 e. The maximum Gasteiger partial charge on any atom is 0.326 e. The largest absolute Gasteiger partial charge is 0.482 e. The molecule has 1 aliphatic rings. The molecule has 2 rings (SSSR count). The van der Waals surface area contributed by atoms with Crippen molar-refractivity contribution >= 4 is 11.9 Å². The van der Waals surface area contributed by atoms with Gasteiger partial charge in [0, 0.05) is 13.0 Å². The lowest BCUT2D eigenvalue weighted by Gasteiger charge is -2.31. The molecule has 1 heterocycles. The number of aliphatic hydroxyl groups is 1. The number of carbonyl (C=O) groups is 2. The summed E-state index contributed by atoms with van der Waals surface area (Å²) in [6.45, 7) is 1.33. The number of carbonyl (C=O) groups excluding carboxylic acids is 1. The van der Waals surface area contributed by atoms with Gasteiger partial charge in [-0.15, -0.1) is 0 Å². The molecular weight excluding hydrogens is 278 g/mol. The lowest BCUT2D eigenvalue weighted by molar-refractivity contribution is -0.145. The Hall–Kier alpha value is -2.28. The summed E-state index contributed by atoms with van der Waals surface area (Å²) in [7, 11) is 0. The molecule has 0 radical (unpaired) electrons. The van der Waals surface area contributed by atoms with Crippen LogP contribution in [0.5, 0.6) is 11.5 Å². The highest BCUT2D eigenvalue weighted by molar-refractivity contribution is 5.87. The molecule has 0 aliphatic carbocycles. The molecule has 3 N–H and O–H groups in total. The second-order valence-corrected chi connectivity index (χ2v) is 4.72. The van der Waals surface area contributed by atoms with Crippen LogP contribution < -0.4 is 14.8 Å². The van der Waals surface area contributed by atoms with Gasteiger partial charge in [0.25, 0.3) is 5.91 Å². The Morgan fingerprint density at radius 2 is 1.90 bits per heavy atom. The summed E-state index contributed by atoms with van der Waals surface area (Å²) in [4.78, 5) is 23.1. The van der Waals surface area contributed by atoms with Crippen molar-refractivity contribution in [2.45, 2.75) is 31.6 Å². The summed E-state index contributed by atoms with van der Waals surface area (Å²) in [5.74, 6) is -0.816. The van der Waals surface area contributed by atoms with Crippen molar-refractivity contribution in [3.05, 3.63) is 24.3 Å². The van der Waals surface area contributed by atoms with E-state index >= 15 is 0 Å². The van der Waals surface area contributed by atoms with Crippen LogP contribution >= 0.6 is 0 Å². The number of fused-ring (bicyclic) bond motifs is 1. The van der Waals surface area contributed by atoms with Crippen LogP contribution in [-0.2, 0) is 9.59 Å². The summed E-state index contributed by atoms with van der Waals surface area (Å²) < 4.78 is 11.2. The lowest BCUT2D eigenvalue weighted by atomic mass is 10.1. The Morgan fingerprint density at radius 3 is 2.48 bits per heavy atom. The third-order valence-corrected chi connectivity index (χ3v) is 3.13. The molecule has 1 amide bonds. The number of hydrogen-bond acceptors (Lipinski definition) is 5. The van der Waals surface area contributed by atoms with Crippen molar-refractivity contribution in [2.75, 3.05) is 6.61 Å². The maximum atomic E-state index is 12.1. The number of carboxylic acid groups (broad SMARTS) is 1. The van der Waals surface area contributed by atoms with Crippen LogP contribution in [0.15, 0.2) is 24.3 Å². The topological polar surface area (TPSA) is 105 Å². The zero-order valence-corrected chi connectivity index (χ0v) is 11.5. The van der Waals surface area contributed by atoms with E-state index in [2.05, 4.69) is 5.32 Å². The Morgan fingerprint density at radius 1 is 1.29 bits per heavy atom. The highest BCUT2D eigenvalue weighted by atomic mass is 16.6. The van der Waals surface area contributed by atoms with Crippen molar-refractivity contribution < 1.29 is 29.3 Å². The van der Waals surface area contributed by atoms with Crippen LogP contribution in [0.25, 0.3) is 0 Å². The minimum atomic E-state index is -1.21. The van der Waals surface area contributed by atoms with E-state index in [0.29, 0.717) is 11.5 Å². The predicted molar refractivity (Wildman–Crippen MR) is 72.2 cm³/mol. The number of hydrogen-bond donors (Lipinski definition) is 3. The van der Waals surface area contributed by atoms with Gasteiger partial charge in [0.2, 0.25) is 6.10 Å². The number of para-hydroxylation sites is 2. The van der Waals surface area contributed by atoms with Crippen LogP contribution in [0.2, 0.25) is 0 Å². The van der Waals surface area contributed by atoms with Crippen LogP contribution in [0.1, 0.15) is 13.3 Å². The van der Waals surface area contributed by atoms with Gasteiger partial charge in [-0.05, 0) is 19.1 Å². The molecule has 0 bridgehead atoms. The van der Waals surface area contributed by atoms with E-state index in [1.165, 1.54) is 0 Å². The smallest absolute Gasteiger partial charge is 0.326 e. The fourth-order valence-corrected chi connectivity index (χ4v) is 2.05. The maximum absolute atomic E-state index is 12.1. The van der Waals surface area contributed by atoms with Gasteiger partial charge in [0.15, 0.2) is 11.5 Å². The first kappa shape index (κ1) is 15.1. The average Bonchev–Trinajstić information content (AvgIpc) is 2.45. The first-order valence-electron chi connectivity index (χ1n) is 6.59. The number of rotatable bonds is 5. The fraction of sp³-hybridized carbons (Fsp3) is 0.429. The molecule has 7 heteroatoms. The molecular formula is C14H17NO6. The zero-order chi connectivity index (χ0) is 15.4. The van der Waals surface area contributed by atoms with Gasteiger partial charge in [-0.25, -0.2) is 4.79 Å². The fourth-order valence-electron chi connectivity index (χ4n) is 2.05. The van der Waals surface area contributed by atoms with E-state index in [1.807, 2.05) is 0 Å². The standard InChI is InChI=1S/C14H17NO6/c1-8-12(13(17)15-9(6-7-16)14(18)19)21-11-5-3-2-4-10(11)20-8/h2-5,8-9,12,16H,6-7H2,1H3,(H,15,17)(H,18,19)/t8?,9-,12?/m0/s1. The second kappa shape index (κ2) is 6.45. The van der Waals surface area contributed by atoms with Gasteiger partial charge in [-0.1, -0.05) is 12.1 Å². The summed E-state index contributed by atoms with van der Waals surface area (Å²) in [6, 6.07) is 5.78. The van der Waals surface area contributed by atoms with Crippen LogP contribution in [0, 0.1) is 0 Å². The van der Waals surface area contributed by atoms with Gasteiger partial charge in [-0.3, -0.25) is 4.79 Å². The number of benzene rings is 1. The second-order valence-electron chi connectivity index (χ2n) is 4.72. The van der Waals surface area contributed by atoms with Crippen molar-refractivity contribution in [1.29, 1.82) is 0 Å². The van der Waals surface area contributed by atoms with E-state index in [-0.39, 0.29) is 13.0 Å². The molecule has 0 saturated carbocycles. The summed E-state index contributed by atoms with van der Waals surface area (Å²) in [5.41, 5.74) is 0. The van der Waals surface area contributed by atoms with Gasteiger partial charge in [-0.2, -0.15) is 0 Å². The molecule has 1 aliphatic heterocycles. The van der Waals surface area contributed by atoms with Gasteiger partial charge in [0.1, 0.15) is 12.1 Å². The molecule has 0 saturated heterocycles. The van der Waals surface area contributed by atoms with Crippen molar-refractivity contribution in [3.8, 4) is 11.5 Å². The molecule has 21 heavy (non-hydrogen) atoms. The van der Waals surface area contributed by atoms with Crippen molar-refractivity contribution in [1.82, 2.24) is 5.32 Å². The van der Waals surface area contributed by atoms with Gasteiger partial charge < -0.3 is 25.0 Å². The number of carboxylic acids is 1. The molecule has 0 spiro atoms. The third kappa shape index (κ3) is 3.43. The molecule has 7 nitrogen and oxygen atoms in total. The number of nitrogens with one attached hydrogen (secondary N) is 1. The minimum absolute atomic E-state index is 0.0698. The Labute approximate surface area is 121 Å². The lowest BCUT2D eigenvalue weighted by Crippen LogP contribution is -2.53. The highest BCUT2D eigenvalue weighted by Gasteiger charge is 2.35. The van der Waals surface area contributed by atoms with E-state index in [1.54, 1.807) is 31.2 Å². The molecule has 114 valence electrons. The molecule has 2 unspecified atom stereocenters. The number of amides is 1. The number of aliphatic hydroxyl groups excluding tert-OH is 1. The van der Waals surface area contributed by atoms with E-state index in [9.17, 15) is 9.59 Å². The van der Waals surface area contributed by atoms with Crippen molar-refractivity contribution in [3.63, 3.8) is 0 Å². The summed E-state index contributed by atoms with van der Waals surface area (Å²) in [5, 5.41) is 20.1. The van der Waals surface area contributed by atoms with Crippen LogP contribution in [0.3, 0.4) is 0 Å². The van der Waals surface area contributed by atoms with Crippen LogP contribution in [0.4, 0.5) is 0 Å². The Bertz CT molecular complexity index is 532. The van der Waals surface area contributed by atoms with E-state index in [4.69, 9.17) is 19.7 Å². The third-order valence-electron chi connectivity index (χ3n) is 3.13.